The van der Waals surface area contributed by atoms with Gasteiger partial charge in [-0.25, -0.2) is 14.1 Å². The van der Waals surface area contributed by atoms with Gasteiger partial charge in [0.25, 0.3) is 0 Å². The summed E-state index contributed by atoms with van der Waals surface area (Å²) >= 11 is 0. The van der Waals surface area contributed by atoms with Crippen LogP contribution in [0.1, 0.15) is 55.8 Å². The number of rotatable bonds is 2. The minimum absolute atomic E-state index is 0.0964. The molecule has 1 aliphatic rings. The maximum atomic E-state index is 13.4. The maximum absolute atomic E-state index is 13.4. The van der Waals surface area contributed by atoms with E-state index in [1.165, 1.54) is 18.5 Å². The fourth-order valence-electron chi connectivity index (χ4n) is 1.75. The summed E-state index contributed by atoms with van der Waals surface area (Å²) in [6.45, 7) is 4.53. The molecule has 0 bridgehead atoms. The van der Waals surface area contributed by atoms with E-state index in [0.29, 0.717) is 6.42 Å². The van der Waals surface area contributed by atoms with E-state index in [4.69, 9.17) is 0 Å². The van der Waals surface area contributed by atoms with Crippen LogP contribution in [0.3, 0.4) is 0 Å². The molecular weight excluding hydrogens is 213 g/mol. The van der Waals surface area contributed by atoms with Crippen LogP contribution in [0.25, 0.3) is 0 Å². The van der Waals surface area contributed by atoms with Crippen LogP contribution in [0, 0.1) is 0 Å². The van der Waals surface area contributed by atoms with E-state index in [1.807, 2.05) is 6.92 Å². The Morgan fingerprint density at radius 1 is 1.62 bits per heavy atom. The summed E-state index contributed by atoms with van der Waals surface area (Å²) < 4.78 is 14.9. The van der Waals surface area contributed by atoms with Crippen LogP contribution in [0.2, 0.25) is 0 Å². The van der Waals surface area contributed by atoms with Crippen molar-refractivity contribution in [2.24, 2.45) is 0 Å². The molecule has 0 amide bonds. The molecule has 0 unspecified atom stereocenters. The molecule has 1 N–H and O–H groups in total. The van der Waals surface area contributed by atoms with E-state index in [0.717, 1.165) is 0 Å². The molecule has 5 nitrogen and oxygen atoms in total. The Bertz CT molecular complexity index is 410. The molecule has 2 rings (SSSR count). The van der Waals surface area contributed by atoms with Crippen molar-refractivity contribution in [1.29, 1.82) is 0 Å². The number of halogens is 1. The molecule has 0 fully saturated rings. The average Bonchev–Trinajstić information content (AvgIpc) is 2.67. The number of aromatic nitrogens is 3. The third-order valence-electron chi connectivity index (χ3n) is 2.66. The van der Waals surface area contributed by atoms with E-state index < -0.39 is 17.6 Å². The third-order valence-corrected chi connectivity index (χ3v) is 2.66. The molecule has 6 heteroatoms. The summed E-state index contributed by atoms with van der Waals surface area (Å²) in [6.07, 6.45) is -0.836. The molecule has 0 saturated carbocycles. The quantitative estimate of drug-likeness (QED) is 0.771. The van der Waals surface area contributed by atoms with E-state index in [9.17, 15) is 14.3 Å². The van der Waals surface area contributed by atoms with Crippen molar-refractivity contribution in [1.82, 2.24) is 14.8 Å². The van der Waals surface area contributed by atoms with E-state index >= 15 is 0 Å². The highest BCUT2D eigenvalue weighted by Crippen LogP contribution is 2.35. The molecule has 2 atom stereocenters. The van der Waals surface area contributed by atoms with Crippen molar-refractivity contribution in [2.45, 2.75) is 45.0 Å². The first kappa shape index (κ1) is 11.2. The molecular formula is C10H14FN3O2. The van der Waals surface area contributed by atoms with Gasteiger partial charge in [-0.2, -0.15) is 0 Å². The van der Waals surface area contributed by atoms with E-state index in [-0.39, 0.29) is 17.7 Å². The Morgan fingerprint density at radius 2 is 2.25 bits per heavy atom. The Morgan fingerprint density at radius 3 is 2.75 bits per heavy atom. The van der Waals surface area contributed by atoms with Crippen LogP contribution in [0.4, 0.5) is 4.39 Å². The van der Waals surface area contributed by atoms with E-state index in [1.54, 1.807) is 0 Å². The number of alkyl halides is 1. The number of carbonyl (C=O) groups is 1. The summed E-state index contributed by atoms with van der Waals surface area (Å²) in [5, 5.41) is 13.5. The van der Waals surface area contributed by atoms with Gasteiger partial charge in [0, 0.05) is 6.42 Å². The number of carbonyl (C=O) groups excluding carboxylic acids is 1. The molecule has 16 heavy (non-hydrogen) atoms. The van der Waals surface area contributed by atoms with Gasteiger partial charge >= 0.3 is 0 Å². The second-order valence-electron chi connectivity index (χ2n) is 4.68. The molecule has 1 aliphatic heterocycles. The number of Topliss-reactive ketones (excluding diaryl/α,β-unsaturated/α-hetero) is 1. The molecule has 88 valence electrons. The molecule has 2 heterocycles. The topological polar surface area (TPSA) is 68.0 Å². The summed E-state index contributed by atoms with van der Waals surface area (Å²) in [5.74, 6) is -0.523. The van der Waals surface area contributed by atoms with Crippen LogP contribution in [-0.2, 0) is 0 Å². The van der Waals surface area contributed by atoms with Crippen LogP contribution in [-0.4, -0.2) is 31.3 Å². The first-order valence-corrected chi connectivity index (χ1v) is 5.18. The molecule has 1 aromatic rings. The Kier molecular flexibility index (Phi) is 2.34. The number of hydrogen-bond donors (Lipinski definition) is 1. The van der Waals surface area contributed by atoms with Crippen LogP contribution >= 0.6 is 0 Å². The zero-order valence-electron chi connectivity index (χ0n) is 9.44. The highest BCUT2D eigenvalue weighted by Gasteiger charge is 2.36. The minimum atomic E-state index is -1.53. The summed E-state index contributed by atoms with van der Waals surface area (Å²) in [4.78, 5) is 15.5. The number of fused-ring (bicyclic) bond motifs is 1. The molecule has 0 radical (unpaired) electrons. The lowest BCUT2D eigenvalue weighted by molar-refractivity contribution is 0.0475. The lowest BCUT2D eigenvalue weighted by Gasteiger charge is -2.12. The molecule has 0 saturated heterocycles. The van der Waals surface area contributed by atoms with Crippen molar-refractivity contribution < 1.29 is 14.3 Å². The van der Waals surface area contributed by atoms with Gasteiger partial charge < -0.3 is 5.11 Å². The highest BCUT2D eigenvalue weighted by molar-refractivity contribution is 5.98. The van der Waals surface area contributed by atoms with Crippen molar-refractivity contribution in [3.05, 3.63) is 11.6 Å². The largest absolute Gasteiger partial charge is 0.382 e. The summed E-state index contributed by atoms with van der Waals surface area (Å²) in [7, 11) is 0. The SMILES string of the molecule is C[C@H]1C[C@@H](F)c2nc(C(=O)C(C)(C)O)nn21. The summed E-state index contributed by atoms with van der Waals surface area (Å²) in [6, 6.07) is -0.0964. The predicted molar refractivity (Wildman–Crippen MR) is 53.8 cm³/mol. The second-order valence-corrected chi connectivity index (χ2v) is 4.68. The van der Waals surface area contributed by atoms with E-state index in [2.05, 4.69) is 10.1 Å². The van der Waals surface area contributed by atoms with Crippen LogP contribution in [0.15, 0.2) is 0 Å². The standard InChI is InChI=1S/C10H14FN3O2/c1-5-4-6(11)9-12-8(13-14(5)9)7(15)10(2,3)16/h5-6,16H,4H2,1-3H3/t5-,6+/m0/s1. The van der Waals surface area contributed by atoms with Crippen molar-refractivity contribution >= 4 is 5.78 Å². The van der Waals surface area contributed by atoms with Crippen LogP contribution < -0.4 is 0 Å². The summed E-state index contributed by atoms with van der Waals surface area (Å²) in [5.41, 5.74) is -1.53. The zero-order valence-corrected chi connectivity index (χ0v) is 9.44. The van der Waals surface area contributed by atoms with Gasteiger partial charge in [-0.1, -0.05) is 0 Å². The fraction of sp³-hybridized carbons (Fsp3) is 0.700. The lowest BCUT2D eigenvalue weighted by Crippen LogP contribution is -2.32. The zero-order chi connectivity index (χ0) is 12.1. The Hall–Kier alpha value is -1.30. The van der Waals surface area contributed by atoms with Gasteiger partial charge in [-0.05, 0) is 20.8 Å². The van der Waals surface area contributed by atoms with Crippen molar-refractivity contribution in [2.75, 3.05) is 0 Å². The number of nitrogens with zero attached hydrogens (tertiary/aromatic N) is 3. The molecule has 1 aromatic heterocycles. The monoisotopic (exact) mass is 227 g/mol. The van der Waals surface area contributed by atoms with Gasteiger partial charge in [-0.3, -0.25) is 4.79 Å². The number of ketones is 1. The first-order chi connectivity index (χ1) is 7.30. The number of aliphatic hydroxyl groups is 1. The smallest absolute Gasteiger partial charge is 0.232 e. The molecule has 0 spiro atoms. The van der Waals surface area contributed by atoms with Gasteiger partial charge in [0.2, 0.25) is 11.6 Å². The lowest BCUT2D eigenvalue weighted by atomic mass is 10.0. The number of hydrogen-bond acceptors (Lipinski definition) is 4. The average molecular weight is 227 g/mol. The molecule has 0 aromatic carbocycles. The van der Waals surface area contributed by atoms with Gasteiger partial charge in [0.05, 0.1) is 6.04 Å². The Balaban J connectivity index is 2.38. The minimum Gasteiger partial charge on any atom is -0.382 e. The van der Waals surface area contributed by atoms with Crippen molar-refractivity contribution in [3.8, 4) is 0 Å². The third kappa shape index (κ3) is 1.63. The van der Waals surface area contributed by atoms with Gasteiger partial charge in [0.1, 0.15) is 5.60 Å². The molecule has 0 aliphatic carbocycles. The maximum Gasteiger partial charge on any atom is 0.232 e. The Labute approximate surface area is 92.3 Å². The van der Waals surface area contributed by atoms with Crippen molar-refractivity contribution in [3.63, 3.8) is 0 Å². The van der Waals surface area contributed by atoms with Gasteiger partial charge in [0.15, 0.2) is 12.0 Å². The first-order valence-electron chi connectivity index (χ1n) is 5.18. The fourth-order valence-corrected chi connectivity index (χ4v) is 1.75. The highest BCUT2D eigenvalue weighted by atomic mass is 19.1. The predicted octanol–water partition coefficient (Wildman–Crippen LogP) is 1.21. The van der Waals surface area contributed by atoms with Crippen LogP contribution in [0.5, 0.6) is 0 Å². The normalized spacial score (nSPS) is 24.6. The van der Waals surface area contributed by atoms with Gasteiger partial charge in [-0.15, -0.1) is 5.10 Å². The second kappa shape index (κ2) is 3.35.